The number of nitrogens with zero attached hydrogens (tertiary/aromatic N) is 3. The first kappa shape index (κ1) is 23.1. The van der Waals surface area contributed by atoms with Gasteiger partial charge in [0, 0.05) is 24.5 Å². The van der Waals surface area contributed by atoms with Gasteiger partial charge in [0.2, 0.25) is 11.8 Å². The van der Waals surface area contributed by atoms with E-state index in [0.29, 0.717) is 32.4 Å². The molecule has 0 aromatic heterocycles. The molecule has 1 aromatic carbocycles. The van der Waals surface area contributed by atoms with Crippen molar-refractivity contribution in [2.24, 2.45) is 11.8 Å². The number of hydrazine groups is 1. The average molecular weight is 468 g/mol. The van der Waals surface area contributed by atoms with Crippen LogP contribution in [0.4, 0.5) is 4.79 Å². The summed E-state index contributed by atoms with van der Waals surface area (Å²) in [6, 6.07) is 8.06. The van der Waals surface area contributed by atoms with E-state index in [1.807, 2.05) is 34.9 Å². The molecule has 4 fully saturated rings. The highest BCUT2D eigenvalue weighted by atomic mass is 16.2. The molecule has 4 unspecified atom stereocenters. The molecule has 2 heterocycles. The smallest absolute Gasteiger partial charge is 0.337 e. The van der Waals surface area contributed by atoms with Crippen LogP contribution in [0.5, 0.6) is 0 Å². The van der Waals surface area contributed by atoms with Crippen LogP contribution in [-0.4, -0.2) is 57.6 Å². The summed E-state index contributed by atoms with van der Waals surface area (Å²) in [4.78, 5) is 43.9. The number of fused-ring (bicyclic) bond motifs is 3. The van der Waals surface area contributed by atoms with Gasteiger partial charge in [-0.1, -0.05) is 49.6 Å². The molecule has 2 saturated carbocycles. The molecule has 34 heavy (non-hydrogen) atoms. The SMILES string of the molecule is CCCN1C(=O)C2CCC(C(=O)NC3CCCC3)CC2N2C(=O)N(Cc3cccc(C)c3)NC12. The fourth-order valence-electron chi connectivity index (χ4n) is 6.33. The van der Waals surface area contributed by atoms with E-state index in [9.17, 15) is 14.4 Å². The summed E-state index contributed by atoms with van der Waals surface area (Å²) in [6.07, 6.45) is 6.72. The summed E-state index contributed by atoms with van der Waals surface area (Å²) in [5.74, 6) is -0.170. The van der Waals surface area contributed by atoms with Gasteiger partial charge < -0.3 is 10.2 Å². The number of hydrogen-bond acceptors (Lipinski definition) is 4. The third kappa shape index (κ3) is 4.28. The first-order valence-electron chi connectivity index (χ1n) is 13.0. The molecule has 0 bridgehead atoms. The van der Waals surface area contributed by atoms with E-state index in [4.69, 9.17) is 0 Å². The van der Waals surface area contributed by atoms with E-state index in [-0.39, 0.29) is 41.8 Å². The van der Waals surface area contributed by atoms with Crippen molar-refractivity contribution in [1.82, 2.24) is 25.6 Å². The quantitative estimate of drug-likeness (QED) is 0.673. The molecule has 4 atom stereocenters. The third-order valence-electron chi connectivity index (χ3n) is 8.02. The molecule has 1 aromatic rings. The van der Waals surface area contributed by atoms with E-state index in [1.54, 1.807) is 5.01 Å². The van der Waals surface area contributed by atoms with Crippen LogP contribution in [0.15, 0.2) is 24.3 Å². The zero-order valence-corrected chi connectivity index (χ0v) is 20.3. The topological polar surface area (TPSA) is 85.0 Å². The van der Waals surface area contributed by atoms with Crippen LogP contribution in [0.25, 0.3) is 0 Å². The lowest BCUT2D eigenvalue weighted by molar-refractivity contribution is -0.158. The molecule has 184 valence electrons. The Labute approximate surface area is 202 Å². The highest BCUT2D eigenvalue weighted by molar-refractivity contribution is 5.87. The standard InChI is InChI=1S/C26H37N5O3/c1-3-13-29-24(33)21-12-11-19(23(32)27-20-9-4-5-10-20)15-22(21)31-25(29)28-30(26(31)34)16-18-8-6-7-17(2)14-18/h6-8,14,19-22,25,28H,3-5,9-13,15-16H2,1-2H3,(H,27,32). The molecule has 4 aliphatic rings. The minimum Gasteiger partial charge on any atom is -0.353 e. The lowest BCUT2D eigenvalue weighted by atomic mass is 9.75. The van der Waals surface area contributed by atoms with Gasteiger partial charge in [0.05, 0.1) is 12.5 Å². The van der Waals surface area contributed by atoms with Crippen molar-refractivity contribution in [3.63, 3.8) is 0 Å². The van der Waals surface area contributed by atoms with Crippen molar-refractivity contribution < 1.29 is 14.4 Å². The summed E-state index contributed by atoms with van der Waals surface area (Å²) in [6.45, 7) is 5.13. The Morgan fingerprint density at radius 1 is 1.15 bits per heavy atom. The lowest BCUT2D eigenvalue weighted by Crippen LogP contribution is -2.67. The van der Waals surface area contributed by atoms with Gasteiger partial charge >= 0.3 is 6.03 Å². The summed E-state index contributed by atoms with van der Waals surface area (Å²) < 4.78 is 0. The van der Waals surface area contributed by atoms with Gasteiger partial charge in [0.15, 0.2) is 6.29 Å². The molecule has 0 radical (unpaired) electrons. The number of carbonyl (C=O) groups is 3. The Morgan fingerprint density at radius 2 is 1.94 bits per heavy atom. The summed E-state index contributed by atoms with van der Waals surface area (Å²) >= 11 is 0. The molecule has 5 rings (SSSR count). The van der Waals surface area contributed by atoms with Crippen LogP contribution in [0, 0.1) is 18.8 Å². The normalized spacial score (nSPS) is 29.4. The highest BCUT2D eigenvalue weighted by Crippen LogP contribution is 2.40. The maximum atomic E-state index is 13.6. The lowest BCUT2D eigenvalue weighted by Gasteiger charge is -2.49. The Morgan fingerprint density at radius 3 is 2.68 bits per heavy atom. The Kier molecular flexibility index (Phi) is 6.51. The van der Waals surface area contributed by atoms with Crippen molar-refractivity contribution in [3.8, 4) is 0 Å². The van der Waals surface area contributed by atoms with Crippen LogP contribution in [0.1, 0.15) is 69.4 Å². The Balaban J connectivity index is 1.36. The van der Waals surface area contributed by atoms with Crippen molar-refractivity contribution in [1.29, 1.82) is 0 Å². The number of rotatable bonds is 6. The zero-order valence-electron chi connectivity index (χ0n) is 20.3. The van der Waals surface area contributed by atoms with E-state index in [1.165, 1.54) is 12.8 Å². The molecule has 8 nitrogen and oxygen atoms in total. The fourth-order valence-corrected chi connectivity index (χ4v) is 6.33. The fraction of sp³-hybridized carbons (Fsp3) is 0.654. The Hall–Kier alpha value is -2.61. The monoisotopic (exact) mass is 467 g/mol. The molecule has 2 saturated heterocycles. The van der Waals surface area contributed by atoms with Crippen molar-refractivity contribution in [3.05, 3.63) is 35.4 Å². The first-order chi connectivity index (χ1) is 16.5. The third-order valence-corrected chi connectivity index (χ3v) is 8.02. The molecule has 4 amide bonds. The molecular formula is C26H37N5O3. The van der Waals surface area contributed by atoms with Gasteiger partial charge in [0.25, 0.3) is 0 Å². The maximum Gasteiger partial charge on any atom is 0.337 e. The summed E-state index contributed by atoms with van der Waals surface area (Å²) in [7, 11) is 0. The Bertz CT molecular complexity index is 946. The van der Waals surface area contributed by atoms with E-state index in [0.717, 1.165) is 30.4 Å². The van der Waals surface area contributed by atoms with Crippen LogP contribution in [0.3, 0.4) is 0 Å². The number of nitrogens with one attached hydrogen (secondary N) is 2. The van der Waals surface area contributed by atoms with Crippen LogP contribution < -0.4 is 10.7 Å². The molecule has 2 aliphatic carbocycles. The average Bonchev–Trinajstić information content (AvgIpc) is 3.44. The second-order valence-electron chi connectivity index (χ2n) is 10.5. The number of carbonyl (C=O) groups excluding carboxylic acids is 3. The van der Waals surface area contributed by atoms with Gasteiger partial charge in [-0.2, -0.15) is 5.43 Å². The van der Waals surface area contributed by atoms with Crippen molar-refractivity contribution in [2.45, 2.75) is 90.1 Å². The van der Waals surface area contributed by atoms with Gasteiger partial charge in [-0.25, -0.2) is 4.79 Å². The van der Waals surface area contributed by atoms with E-state index in [2.05, 4.69) is 23.7 Å². The van der Waals surface area contributed by atoms with Gasteiger partial charge in [-0.3, -0.25) is 19.5 Å². The number of hydrogen-bond donors (Lipinski definition) is 2. The van der Waals surface area contributed by atoms with Gasteiger partial charge in [0.1, 0.15) is 0 Å². The minimum absolute atomic E-state index is 0.0987. The second-order valence-corrected chi connectivity index (χ2v) is 10.5. The van der Waals surface area contributed by atoms with Crippen LogP contribution >= 0.6 is 0 Å². The predicted molar refractivity (Wildman–Crippen MR) is 128 cm³/mol. The van der Waals surface area contributed by atoms with Gasteiger partial charge in [-0.15, -0.1) is 0 Å². The number of benzene rings is 1. The van der Waals surface area contributed by atoms with E-state index >= 15 is 0 Å². The molecule has 2 N–H and O–H groups in total. The van der Waals surface area contributed by atoms with Gasteiger partial charge in [-0.05, 0) is 51.0 Å². The van der Waals surface area contributed by atoms with Crippen LogP contribution in [0.2, 0.25) is 0 Å². The summed E-state index contributed by atoms with van der Waals surface area (Å²) in [5, 5.41) is 4.88. The molecule has 0 spiro atoms. The molecule has 2 aliphatic heterocycles. The number of urea groups is 1. The highest BCUT2D eigenvalue weighted by Gasteiger charge is 2.55. The van der Waals surface area contributed by atoms with E-state index < -0.39 is 6.29 Å². The second kappa shape index (κ2) is 9.56. The molecule has 8 heteroatoms. The summed E-state index contributed by atoms with van der Waals surface area (Å²) in [5.41, 5.74) is 5.52. The number of aryl methyl sites for hydroxylation is 1. The maximum absolute atomic E-state index is 13.6. The predicted octanol–water partition coefficient (Wildman–Crippen LogP) is 3.12. The largest absolute Gasteiger partial charge is 0.353 e. The first-order valence-corrected chi connectivity index (χ1v) is 13.0. The van der Waals surface area contributed by atoms with Crippen molar-refractivity contribution in [2.75, 3.05) is 6.54 Å². The zero-order chi connectivity index (χ0) is 23.8. The van der Waals surface area contributed by atoms with Crippen LogP contribution in [-0.2, 0) is 16.1 Å². The number of amides is 4. The molecular weight excluding hydrogens is 430 g/mol. The minimum atomic E-state index is -0.484. The van der Waals surface area contributed by atoms with Crippen molar-refractivity contribution >= 4 is 17.8 Å².